The molecule has 0 saturated carbocycles. The predicted molar refractivity (Wildman–Crippen MR) is 116 cm³/mol. The van der Waals surface area contributed by atoms with Crippen LogP contribution in [0, 0.1) is 0 Å². The minimum absolute atomic E-state index is 0.0857. The summed E-state index contributed by atoms with van der Waals surface area (Å²) < 4.78 is 12.1. The van der Waals surface area contributed by atoms with Gasteiger partial charge in [0, 0.05) is 12.8 Å². The summed E-state index contributed by atoms with van der Waals surface area (Å²) >= 11 is 0. The van der Waals surface area contributed by atoms with Crippen LogP contribution in [-0.4, -0.2) is 20.4 Å². The molecule has 0 unspecified atom stereocenters. The molecule has 1 aromatic carbocycles. The van der Waals surface area contributed by atoms with Crippen molar-refractivity contribution in [3.63, 3.8) is 0 Å². The van der Waals surface area contributed by atoms with Gasteiger partial charge in [0.2, 0.25) is 8.32 Å². The van der Waals surface area contributed by atoms with Gasteiger partial charge >= 0.3 is 5.97 Å². The lowest BCUT2D eigenvalue weighted by Gasteiger charge is -2.37. The van der Waals surface area contributed by atoms with E-state index in [2.05, 4.69) is 47.4 Å². The molecular weight excluding hydrogens is 352 g/mol. The SMILES string of the molecule is C=CC[C@@H](Cc1ccccc1)OC(=O)C/C(=C\CC)O[Si](C)(C)C(C)(C)C. The molecule has 1 rings (SSSR count). The molecule has 0 spiro atoms. The van der Waals surface area contributed by atoms with E-state index in [1.54, 1.807) is 6.08 Å². The maximum absolute atomic E-state index is 12.6. The molecule has 27 heavy (non-hydrogen) atoms. The monoisotopic (exact) mass is 388 g/mol. The van der Waals surface area contributed by atoms with E-state index in [-0.39, 0.29) is 23.5 Å². The smallest absolute Gasteiger partial charge is 0.313 e. The fourth-order valence-corrected chi connectivity index (χ4v) is 3.58. The molecule has 0 aliphatic rings. The molecule has 0 amide bonds. The number of rotatable bonds is 10. The molecule has 3 nitrogen and oxygen atoms in total. The van der Waals surface area contributed by atoms with Crippen LogP contribution in [0.2, 0.25) is 18.1 Å². The highest BCUT2D eigenvalue weighted by Crippen LogP contribution is 2.38. The Balaban J connectivity index is 2.76. The molecule has 0 N–H and O–H groups in total. The Labute approximate surface area is 166 Å². The van der Waals surface area contributed by atoms with Gasteiger partial charge in [0.1, 0.15) is 12.5 Å². The normalized spacial score (nSPS) is 13.8. The van der Waals surface area contributed by atoms with Gasteiger partial charge in [-0.3, -0.25) is 4.79 Å². The summed E-state index contributed by atoms with van der Waals surface area (Å²) in [6.07, 6.45) is 5.94. The number of esters is 1. The predicted octanol–water partition coefficient (Wildman–Crippen LogP) is 6.42. The second-order valence-electron chi connectivity index (χ2n) is 8.44. The number of hydrogen-bond acceptors (Lipinski definition) is 3. The number of ether oxygens (including phenoxy) is 1. The van der Waals surface area contributed by atoms with E-state index in [4.69, 9.17) is 9.16 Å². The van der Waals surface area contributed by atoms with Gasteiger partial charge in [-0.05, 0) is 36.2 Å². The Kier molecular flexibility index (Phi) is 9.03. The Hall–Kier alpha value is -1.81. The quantitative estimate of drug-likeness (QED) is 0.201. The summed E-state index contributed by atoms with van der Waals surface area (Å²) in [7, 11) is -1.98. The third-order valence-electron chi connectivity index (χ3n) is 4.98. The fourth-order valence-electron chi connectivity index (χ4n) is 2.46. The van der Waals surface area contributed by atoms with Gasteiger partial charge in [0.15, 0.2) is 0 Å². The topological polar surface area (TPSA) is 35.5 Å². The lowest BCUT2D eigenvalue weighted by atomic mass is 10.1. The maximum atomic E-state index is 12.6. The molecule has 0 bridgehead atoms. The average Bonchev–Trinajstić information content (AvgIpc) is 2.54. The van der Waals surface area contributed by atoms with Crippen LogP contribution in [0.1, 0.15) is 52.5 Å². The first kappa shape index (κ1) is 23.2. The van der Waals surface area contributed by atoms with Gasteiger partial charge in [0.05, 0.1) is 5.76 Å². The Morgan fingerprint density at radius 1 is 1.22 bits per heavy atom. The number of carbonyl (C=O) groups is 1. The lowest BCUT2D eigenvalue weighted by Crippen LogP contribution is -2.40. The van der Waals surface area contributed by atoms with E-state index >= 15 is 0 Å². The van der Waals surface area contributed by atoms with Crippen molar-refractivity contribution in [1.29, 1.82) is 0 Å². The molecule has 1 aromatic rings. The number of carbonyl (C=O) groups excluding carboxylic acids is 1. The maximum Gasteiger partial charge on any atom is 0.313 e. The van der Waals surface area contributed by atoms with Crippen LogP contribution in [0.5, 0.6) is 0 Å². The number of benzene rings is 1. The zero-order chi connectivity index (χ0) is 20.5. The highest BCUT2D eigenvalue weighted by Gasteiger charge is 2.39. The van der Waals surface area contributed by atoms with E-state index in [0.29, 0.717) is 12.8 Å². The first-order valence-corrected chi connectivity index (χ1v) is 12.7. The van der Waals surface area contributed by atoms with Crippen molar-refractivity contribution >= 4 is 14.3 Å². The van der Waals surface area contributed by atoms with E-state index in [9.17, 15) is 4.79 Å². The first-order valence-electron chi connectivity index (χ1n) is 9.81. The van der Waals surface area contributed by atoms with Crippen LogP contribution in [0.4, 0.5) is 0 Å². The zero-order valence-electron chi connectivity index (χ0n) is 17.9. The summed E-state index contributed by atoms with van der Waals surface area (Å²) in [5.41, 5.74) is 1.15. The molecule has 0 fully saturated rings. The molecule has 150 valence electrons. The van der Waals surface area contributed by atoms with Crippen molar-refractivity contribution in [2.24, 2.45) is 0 Å². The minimum Gasteiger partial charge on any atom is -0.546 e. The molecule has 0 aliphatic heterocycles. The highest BCUT2D eigenvalue weighted by molar-refractivity contribution is 6.74. The number of allylic oxidation sites excluding steroid dienone is 1. The fraction of sp³-hybridized carbons (Fsp3) is 0.522. The standard InChI is InChI=1S/C23H36O3Si/c1-8-13-20(17-19-15-11-10-12-16-19)25-22(24)18-21(14-9-2)26-27(6,7)23(3,4)5/h8,10-12,14-16,20H,1,9,13,17-18H2,2-7H3/b21-14+/t20-/m0/s1. The Morgan fingerprint density at radius 3 is 2.37 bits per heavy atom. The highest BCUT2D eigenvalue weighted by atomic mass is 28.4. The van der Waals surface area contributed by atoms with Gasteiger partial charge in [-0.2, -0.15) is 0 Å². The van der Waals surface area contributed by atoms with Crippen LogP contribution >= 0.6 is 0 Å². The summed E-state index contributed by atoms with van der Waals surface area (Å²) in [5.74, 6) is 0.502. The van der Waals surface area contributed by atoms with Gasteiger partial charge in [-0.1, -0.05) is 64.1 Å². The molecule has 0 radical (unpaired) electrons. The molecule has 1 atom stereocenters. The van der Waals surface area contributed by atoms with Gasteiger partial charge in [-0.25, -0.2) is 0 Å². The van der Waals surface area contributed by atoms with E-state index in [1.165, 1.54) is 0 Å². The summed E-state index contributed by atoms with van der Waals surface area (Å²) in [6.45, 7) is 16.8. The van der Waals surface area contributed by atoms with Gasteiger partial charge in [-0.15, -0.1) is 6.58 Å². The molecule has 0 saturated heterocycles. The second-order valence-corrected chi connectivity index (χ2v) is 13.2. The summed E-state index contributed by atoms with van der Waals surface area (Å²) in [6, 6.07) is 10.1. The lowest BCUT2D eigenvalue weighted by molar-refractivity contribution is -0.148. The van der Waals surface area contributed by atoms with Crippen molar-refractivity contribution < 1.29 is 14.0 Å². The van der Waals surface area contributed by atoms with Crippen LogP contribution in [0.3, 0.4) is 0 Å². The summed E-state index contributed by atoms with van der Waals surface area (Å²) in [5, 5.41) is 0.0857. The average molecular weight is 389 g/mol. The van der Waals surface area contributed by atoms with Gasteiger partial charge in [0.25, 0.3) is 0 Å². The van der Waals surface area contributed by atoms with Crippen molar-refractivity contribution in [2.45, 2.75) is 77.6 Å². The van der Waals surface area contributed by atoms with Crippen molar-refractivity contribution in [3.05, 3.63) is 60.4 Å². The van der Waals surface area contributed by atoms with E-state index in [1.807, 2.05) is 36.4 Å². The van der Waals surface area contributed by atoms with E-state index < -0.39 is 8.32 Å². The van der Waals surface area contributed by atoms with Crippen LogP contribution in [-0.2, 0) is 20.4 Å². The molecular formula is C23H36O3Si. The van der Waals surface area contributed by atoms with Crippen molar-refractivity contribution in [2.75, 3.05) is 0 Å². The Morgan fingerprint density at radius 2 is 1.85 bits per heavy atom. The largest absolute Gasteiger partial charge is 0.546 e. The first-order chi connectivity index (χ1) is 12.6. The van der Waals surface area contributed by atoms with Gasteiger partial charge < -0.3 is 9.16 Å². The van der Waals surface area contributed by atoms with Crippen LogP contribution in [0.25, 0.3) is 0 Å². The van der Waals surface area contributed by atoms with Crippen LogP contribution in [0.15, 0.2) is 54.8 Å². The summed E-state index contributed by atoms with van der Waals surface area (Å²) in [4.78, 5) is 12.6. The van der Waals surface area contributed by atoms with Crippen molar-refractivity contribution in [3.8, 4) is 0 Å². The molecule has 0 aromatic heterocycles. The Bertz CT molecular complexity index is 627. The molecule has 0 heterocycles. The third kappa shape index (κ3) is 8.16. The second kappa shape index (κ2) is 10.5. The van der Waals surface area contributed by atoms with E-state index in [0.717, 1.165) is 17.7 Å². The third-order valence-corrected chi connectivity index (χ3v) is 9.36. The van der Waals surface area contributed by atoms with Crippen molar-refractivity contribution in [1.82, 2.24) is 0 Å². The minimum atomic E-state index is -1.98. The molecule has 4 heteroatoms. The van der Waals surface area contributed by atoms with Crippen LogP contribution < -0.4 is 0 Å². The molecule has 0 aliphatic carbocycles. The number of hydrogen-bond donors (Lipinski definition) is 0. The zero-order valence-corrected chi connectivity index (χ0v) is 18.9.